The number of rotatable bonds is 6. The number of carbonyl (C=O) groups excluding carboxylic acids is 1. The molecule has 3 aromatic rings. The summed E-state index contributed by atoms with van der Waals surface area (Å²) in [7, 11) is 0. The first-order valence-electron chi connectivity index (χ1n) is 8.47. The van der Waals surface area contributed by atoms with E-state index < -0.39 is 0 Å². The molecule has 1 aromatic heterocycles. The van der Waals surface area contributed by atoms with Gasteiger partial charge in [-0.1, -0.05) is 18.2 Å². The van der Waals surface area contributed by atoms with E-state index in [1.165, 1.54) is 0 Å². The van der Waals surface area contributed by atoms with Crippen molar-refractivity contribution in [3.05, 3.63) is 78.6 Å². The SMILES string of the molecule is CC(C)Nc1ccc(C(=O)Nc2ccc(Oc3ccccc3)cc2)nc1. The quantitative estimate of drug-likeness (QED) is 0.662. The Morgan fingerprint density at radius 3 is 2.15 bits per heavy atom. The Balaban J connectivity index is 1.60. The standard InChI is InChI=1S/C21H21N3O2/c1-15(2)23-17-10-13-20(22-14-17)21(25)24-16-8-11-19(12-9-16)26-18-6-4-3-5-7-18/h3-15,23H,1-2H3,(H,24,25). The van der Waals surface area contributed by atoms with Crippen molar-refractivity contribution < 1.29 is 9.53 Å². The summed E-state index contributed by atoms with van der Waals surface area (Å²) in [6.07, 6.45) is 1.66. The van der Waals surface area contributed by atoms with Gasteiger partial charge in [0.2, 0.25) is 0 Å². The molecule has 0 atom stereocenters. The fraction of sp³-hybridized carbons (Fsp3) is 0.143. The first-order valence-corrected chi connectivity index (χ1v) is 8.47. The Labute approximate surface area is 153 Å². The van der Waals surface area contributed by atoms with Crippen LogP contribution in [0.15, 0.2) is 72.9 Å². The average molecular weight is 347 g/mol. The van der Waals surface area contributed by atoms with Crippen LogP contribution in [0.5, 0.6) is 11.5 Å². The maximum atomic E-state index is 12.3. The van der Waals surface area contributed by atoms with Gasteiger partial charge in [-0.15, -0.1) is 0 Å². The van der Waals surface area contributed by atoms with Gasteiger partial charge >= 0.3 is 0 Å². The van der Waals surface area contributed by atoms with Crippen LogP contribution in [0.4, 0.5) is 11.4 Å². The minimum absolute atomic E-state index is 0.252. The van der Waals surface area contributed by atoms with Crippen molar-refractivity contribution in [2.75, 3.05) is 10.6 Å². The third-order valence-electron chi connectivity index (χ3n) is 3.54. The molecule has 3 rings (SSSR count). The molecular weight excluding hydrogens is 326 g/mol. The number of hydrogen-bond donors (Lipinski definition) is 2. The molecule has 0 saturated carbocycles. The van der Waals surface area contributed by atoms with Crippen LogP contribution in [0.1, 0.15) is 24.3 Å². The van der Waals surface area contributed by atoms with E-state index in [2.05, 4.69) is 15.6 Å². The van der Waals surface area contributed by atoms with Gasteiger partial charge in [-0.05, 0) is 62.4 Å². The van der Waals surface area contributed by atoms with E-state index in [0.29, 0.717) is 23.2 Å². The van der Waals surface area contributed by atoms with Crippen LogP contribution in [0.3, 0.4) is 0 Å². The summed E-state index contributed by atoms with van der Waals surface area (Å²) >= 11 is 0. The molecule has 0 aliphatic heterocycles. The second-order valence-corrected chi connectivity index (χ2v) is 6.12. The molecule has 5 heteroatoms. The Hall–Kier alpha value is -3.34. The van der Waals surface area contributed by atoms with Crippen molar-refractivity contribution in [2.24, 2.45) is 0 Å². The maximum absolute atomic E-state index is 12.3. The van der Waals surface area contributed by atoms with Crippen LogP contribution < -0.4 is 15.4 Å². The predicted octanol–water partition coefficient (Wildman–Crippen LogP) is 4.95. The Kier molecular flexibility index (Phi) is 5.49. The molecule has 2 N–H and O–H groups in total. The molecule has 132 valence electrons. The summed E-state index contributed by atoms with van der Waals surface area (Å²) in [5.41, 5.74) is 1.93. The molecule has 0 aliphatic carbocycles. The van der Waals surface area contributed by atoms with Crippen LogP contribution in [0, 0.1) is 0 Å². The van der Waals surface area contributed by atoms with Crippen LogP contribution in [-0.2, 0) is 0 Å². The predicted molar refractivity (Wildman–Crippen MR) is 104 cm³/mol. The summed E-state index contributed by atoms with van der Waals surface area (Å²) in [5, 5.41) is 6.07. The molecule has 1 heterocycles. The fourth-order valence-electron chi connectivity index (χ4n) is 2.37. The van der Waals surface area contributed by atoms with E-state index in [1.54, 1.807) is 24.4 Å². The molecule has 1 amide bonds. The van der Waals surface area contributed by atoms with Gasteiger partial charge < -0.3 is 15.4 Å². The minimum Gasteiger partial charge on any atom is -0.457 e. The number of hydrogen-bond acceptors (Lipinski definition) is 4. The van der Waals surface area contributed by atoms with Gasteiger partial charge in [0, 0.05) is 11.7 Å². The lowest BCUT2D eigenvalue weighted by Gasteiger charge is -2.10. The van der Waals surface area contributed by atoms with Crippen LogP contribution in [0.25, 0.3) is 0 Å². The molecule has 0 spiro atoms. The van der Waals surface area contributed by atoms with Crippen LogP contribution >= 0.6 is 0 Å². The third kappa shape index (κ3) is 4.83. The molecule has 2 aromatic carbocycles. The van der Waals surface area contributed by atoms with Crippen molar-refractivity contribution >= 4 is 17.3 Å². The molecule has 0 fully saturated rings. The number of benzene rings is 2. The van der Waals surface area contributed by atoms with E-state index in [-0.39, 0.29) is 5.91 Å². The molecule has 0 saturated heterocycles. The molecule has 0 radical (unpaired) electrons. The van der Waals surface area contributed by atoms with Gasteiger partial charge in [-0.2, -0.15) is 0 Å². The number of nitrogens with one attached hydrogen (secondary N) is 2. The molecule has 0 aliphatic rings. The van der Waals surface area contributed by atoms with E-state index in [9.17, 15) is 4.79 Å². The topological polar surface area (TPSA) is 63.2 Å². The third-order valence-corrected chi connectivity index (χ3v) is 3.54. The number of aromatic nitrogens is 1. The van der Waals surface area contributed by atoms with Crippen molar-refractivity contribution in [1.82, 2.24) is 4.98 Å². The first kappa shape index (κ1) is 17.5. The number of ether oxygens (including phenoxy) is 1. The number of para-hydroxylation sites is 1. The fourth-order valence-corrected chi connectivity index (χ4v) is 2.37. The largest absolute Gasteiger partial charge is 0.457 e. The smallest absolute Gasteiger partial charge is 0.274 e. The van der Waals surface area contributed by atoms with Gasteiger partial charge in [0.15, 0.2) is 0 Å². The van der Waals surface area contributed by atoms with Crippen molar-refractivity contribution in [3.8, 4) is 11.5 Å². The first-order chi connectivity index (χ1) is 12.6. The zero-order valence-electron chi connectivity index (χ0n) is 14.8. The molecule has 0 unspecified atom stereocenters. The highest BCUT2D eigenvalue weighted by Gasteiger charge is 2.08. The van der Waals surface area contributed by atoms with E-state index in [4.69, 9.17) is 4.74 Å². The van der Waals surface area contributed by atoms with Gasteiger partial charge in [-0.3, -0.25) is 4.79 Å². The molecule has 0 bridgehead atoms. The van der Waals surface area contributed by atoms with Crippen molar-refractivity contribution in [3.63, 3.8) is 0 Å². The van der Waals surface area contributed by atoms with Crippen LogP contribution in [-0.4, -0.2) is 16.9 Å². The lowest BCUT2D eigenvalue weighted by atomic mass is 10.2. The number of carbonyl (C=O) groups is 1. The Morgan fingerprint density at radius 2 is 1.54 bits per heavy atom. The summed E-state index contributed by atoms with van der Waals surface area (Å²) < 4.78 is 5.74. The minimum atomic E-state index is -0.252. The summed E-state index contributed by atoms with van der Waals surface area (Å²) in [6.45, 7) is 4.09. The maximum Gasteiger partial charge on any atom is 0.274 e. The van der Waals surface area contributed by atoms with Crippen LogP contribution in [0.2, 0.25) is 0 Å². The molecule has 5 nitrogen and oxygen atoms in total. The molecule has 26 heavy (non-hydrogen) atoms. The zero-order valence-corrected chi connectivity index (χ0v) is 14.8. The van der Waals surface area contributed by atoms with Crippen molar-refractivity contribution in [2.45, 2.75) is 19.9 Å². The second-order valence-electron chi connectivity index (χ2n) is 6.12. The van der Waals surface area contributed by atoms with E-state index in [1.807, 2.05) is 62.4 Å². The average Bonchev–Trinajstić information content (AvgIpc) is 2.64. The summed E-state index contributed by atoms with van der Waals surface area (Å²) in [6, 6.07) is 20.6. The highest BCUT2D eigenvalue weighted by molar-refractivity contribution is 6.02. The normalized spacial score (nSPS) is 10.4. The monoisotopic (exact) mass is 347 g/mol. The number of pyridine rings is 1. The lowest BCUT2D eigenvalue weighted by molar-refractivity contribution is 0.102. The second kappa shape index (κ2) is 8.16. The van der Waals surface area contributed by atoms with E-state index in [0.717, 1.165) is 11.4 Å². The lowest BCUT2D eigenvalue weighted by Crippen LogP contribution is -2.14. The summed E-state index contributed by atoms with van der Waals surface area (Å²) in [5.74, 6) is 1.22. The summed E-state index contributed by atoms with van der Waals surface area (Å²) in [4.78, 5) is 16.5. The zero-order chi connectivity index (χ0) is 18.4. The van der Waals surface area contributed by atoms with Gasteiger partial charge in [-0.25, -0.2) is 4.98 Å². The molecular formula is C21H21N3O2. The van der Waals surface area contributed by atoms with Crippen molar-refractivity contribution in [1.29, 1.82) is 0 Å². The number of anilines is 2. The van der Waals surface area contributed by atoms with Gasteiger partial charge in [0.1, 0.15) is 17.2 Å². The van der Waals surface area contributed by atoms with Gasteiger partial charge in [0.25, 0.3) is 5.91 Å². The number of nitrogens with zero attached hydrogens (tertiary/aromatic N) is 1. The Bertz CT molecular complexity index is 845. The highest BCUT2D eigenvalue weighted by atomic mass is 16.5. The van der Waals surface area contributed by atoms with Gasteiger partial charge in [0.05, 0.1) is 11.9 Å². The highest BCUT2D eigenvalue weighted by Crippen LogP contribution is 2.22. The van der Waals surface area contributed by atoms with E-state index >= 15 is 0 Å². The number of amides is 1. The Morgan fingerprint density at radius 1 is 0.885 bits per heavy atom.